The minimum Gasteiger partial charge on any atom is -0.372 e. The van der Waals surface area contributed by atoms with Crippen molar-refractivity contribution in [3.63, 3.8) is 0 Å². The smallest absolute Gasteiger partial charge is 0.107 e. The molecular formula is C17H26N4OS. The van der Waals surface area contributed by atoms with E-state index < -0.39 is 0 Å². The number of aromatic nitrogens is 3. The molecule has 1 aliphatic heterocycles. The third-order valence-corrected chi connectivity index (χ3v) is 5.58. The molecule has 0 saturated carbocycles. The lowest BCUT2D eigenvalue weighted by Gasteiger charge is -2.31. The van der Waals surface area contributed by atoms with Gasteiger partial charge in [0, 0.05) is 48.6 Å². The first-order valence-corrected chi connectivity index (χ1v) is 9.31. The molecule has 0 aromatic carbocycles. The molecule has 1 fully saturated rings. The molecule has 23 heavy (non-hydrogen) atoms. The molecule has 0 spiro atoms. The molecule has 6 heteroatoms. The molecular weight excluding hydrogens is 308 g/mol. The summed E-state index contributed by atoms with van der Waals surface area (Å²) in [7, 11) is 0. The normalized spacial score (nSPS) is 21.9. The van der Waals surface area contributed by atoms with Gasteiger partial charge in [0.05, 0.1) is 6.20 Å². The van der Waals surface area contributed by atoms with E-state index >= 15 is 0 Å². The monoisotopic (exact) mass is 334 g/mol. The number of nitrogens with one attached hydrogen (secondary N) is 1. The maximum absolute atomic E-state index is 6.03. The van der Waals surface area contributed by atoms with E-state index in [9.17, 15) is 0 Å². The molecule has 2 atom stereocenters. The van der Waals surface area contributed by atoms with Gasteiger partial charge < -0.3 is 10.1 Å². The molecule has 0 bridgehead atoms. The van der Waals surface area contributed by atoms with Crippen LogP contribution in [0.4, 0.5) is 0 Å². The van der Waals surface area contributed by atoms with Crippen LogP contribution in [0.1, 0.15) is 61.1 Å². The first-order valence-electron chi connectivity index (χ1n) is 8.49. The zero-order valence-corrected chi connectivity index (χ0v) is 15.0. The molecule has 1 saturated heterocycles. The number of aryl methyl sites for hydroxylation is 1. The van der Waals surface area contributed by atoms with Gasteiger partial charge in [0.25, 0.3) is 0 Å². The third-order valence-electron chi connectivity index (χ3n) is 4.28. The highest BCUT2D eigenvalue weighted by atomic mass is 32.1. The molecule has 2 aromatic heterocycles. The lowest BCUT2D eigenvalue weighted by molar-refractivity contribution is -0.0112. The van der Waals surface area contributed by atoms with E-state index in [2.05, 4.69) is 42.4 Å². The van der Waals surface area contributed by atoms with Gasteiger partial charge in [-0.15, -0.1) is 11.3 Å². The highest BCUT2D eigenvalue weighted by Gasteiger charge is 2.28. The van der Waals surface area contributed by atoms with E-state index in [-0.39, 0.29) is 6.10 Å². The van der Waals surface area contributed by atoms with Gasteiger partial charge in [-0.25, -0.2) is 4.98 Å². The van der Waals surface area contributed by atoms with Gasteiger partial charge in [-0.2, -0.15) is 5.10 Å². The Bertz CT molecular complexity index is 622. The Balaban J connectivity index is 1.64. The zero-order chi connectivity index (χ0) is 16.2. The second kappa shape index (κ2) is 7.55. The molecule has 1 N–H and O–H groups in total. The van der Waals surface area contributed by atoms with Crippen LogP contribution in [0, 0.1) is 0 Å². The summed E-state index contributed by atoms with van der Waals surface area (Å²) in [5.74, 6) is 0.548. The maximum atomic E-state index is 6.03. The molecule has 3 heterocycles. The first-order chi connectivity index (χ1) is 11.2. The Morgan fingerprint density at radius 3 is 3.00 bits per heavy atom. The van der Waals surface area contributed by atoms with Gasteiger partial charge >= 0.3 is 0 Å². The van der Waals surface area contributed by atoms with Crippen molar-refractivity contribution in [2.24, 2.45) is 0 Å². The summed E-state index contributed by atoms with van der Waals surface area (Å²) in [5, 5.41) is 9.19. The molecule has 0 unspecified atom stereocenters. The van der Waals surface area contributed by atoms with Crippen LogP contribution in [0.5, 0.6) is 0 Å². The van der Waals surface area contributed by atoms with Gasteiger partial charge in [0.2, 0.25) is 0 Å². The predicted molar refractivity (Wildman–Crippen MR) is 92.7 cm³/mol. The topological polar surface area (TPSA) is 52.0 Å². The summed E-state index contributed by atoms with van der Waals surface area (Å²) in [6.45, 7) is 9.05. The SMILES string of the molecule is CCn1cc([C@H]2OCCC[C@@H]2NCc2ncc(C(C)C)s2)cn1. The number of hydrogen-bond acceptors (Lipinski definition) is 5. The van der Waals surface area contributed by atoms with E-state index in [0.29, 0.717) is 12.0 Å². The van der Waals surface area contributed by atoms with Gasteiger partial charge in [-0.05, 0) is 25.7 Å². The standard InChI is InChI=1S/C17H26N4OS/c1-4-21-11-13(8-20-21)17-14(6-5-7-22-17)18-10-16-19-9-15(23-16)12(2)3/h8-9,11-12,14,17-18H,4-7,10H2,1-3H3/t14-,17+/m0/s1. The summed E-state index contributed by atoms with van der Waals surface area (Å²) in [5.41, 5.74) is 1.17. The minimum atomic E-state index is 0.0913. The lowest BCUT2D eigenvalue weighted by Crippen LogP contribution is -2.39. The largest absolute Gasteiger partial charge is 0.372 e. The van der Waals surface area contributed by atoms with Crippen LogP contribution in [0.2, 0.25) is 0 Å². The summed E-state index contributed by atoms with van der Waals surface area (Å²) in [6, 6.07) is 0.324. The van der Waals surface area contributed by atoms with Crippen LogP contribution in [-0.4, -0.2) is 27.4 Å². The minimum absolute atomic E-state index is 0.0913. The van der Waals surface area contributed by atoms with Crippen molar-refractivity contribution >= 4 is 11.3 Å². The molecule has 126 valence electrons. The number of rotatable bonds is 6. The Hall–Kier alpha value is -1.24. The molecule has 0 amide bonds. The Morgan fingerprint density at radius 1 is 1.43 bits per heavy atom. The van der Waals surface area contributed by atoms with E-state index in [0.717, 1.165) is 37.5 Å². The molecule has 0 radical (unpaired) electrons. The van der Waals surface area contributed by atoms with Crippen LogP contribution in [0.15, 0.2) is 18.6 Å². The number of thiazole rings is 1. The predicted octanol–water partition coefficient (Wildman–Crippen LogP) is 3.49. The fourth-order valence-corrected chi connectivity index (χ4v) is 3.78. The van der Waals surface area contributed by atoms with Gasteiger partial charge in [0.1, 0.15) is 11.1 Å². The van der Waals surface area contributed by atoms with Crippen molar-refractivity contribution in [3.05, 3.63) is 34.0 Å². The number of ether oxygens (including phenoxy) is 1. The lowest BCUT2D eigenvalue weighted by atomic mass is 9.98. The Kier molecular flexibility index (Phi) is 5.46. The fourth-order valence-electron chi connectivity index (χ4n) is 2.91. The van der Waals surface area contributed by atoms with E-state index in [4.69, 9.17) is 4.74 Å². The van der Waals surface area contributed by atoms with Crippen LogP contribution >= 0.6 is 11.3 Å². The van der Waals surface area contributed by atoms with Crippen LogP contribution in [0.3, 0.4) is 0 Å². The zero-order valence-electron chi connectivity index (χ0n) is 14.2. The second-order valence-electron chi connectivity index (χ2n) is 6.36. The fraction of sp³-hybridized carbons (Fsp3) is 0.647. The maximum Gasteiger partial charge on any atom is 0.107 e. The molecule has 1 aliphatic rings. The Labute approximate surface area is 142 Å². The summed E-state index contributed by atoms with van der Waals surface area (Å²) in [4.78, 5) is 5.89. The van der Waals surface area contributed by atoms with Crippen molar-refractivity contribution in [2.75, 3.05) is 6.61 Å². The van der Waals surface area contributed by atoms with Crippen molar-refractivity contribution in [3.8, 4) is 0 Å². The van der Waals surface area contributed by atoms with Crippen LogP contribution in [-0.2, 0) is 17.8 Å². The van der Waals surface area contributed by atoms with E-state index in [1.54, 1.807) is 11.3 Å². The molecule has 2 aromatic rings. The van der Waals surface area contributed by atoms with Crippen LogP contribution in [0.25, 0.3) is 0 Å². The average Bonchev–Trinajstić information content (AvgIpc) is 3.22. The molecule has 0 aliphatic carbocycles. The quantitative estimate of drug-likeness (QED) is 0.878. The van der Waals surface area contributed by atoms with Gasteiger partial charge in [0.15, 0.2) is 0 Å². The average molecular weight is 334 g/mol. The van der Waals surface area contributed by atoms with Crippen molar-refractivity contribution < 1.29 is 4.74 Å². The van der Waals surface area contributed by atoms with Gasteiger partial charge in [-0.1, -0.05) is 13.8 Å². The first kappa shape index (κ1) is 16.6. The highest BCUT2D eigenvalue weighted by molar-refractivity contribution is 7.11. The van der Waals surface area contributed by atoms with Crippen molar-refractivity contribution in [2.45, 2.75) is 64.8 Å². The number of hydrogen-bond donors (Lipinski definition) is 1. The summed E-state index contributed by atoms with van der Waals surface area (Å²) in [6.07, 6.45) is 8.37. The Morgan fingerprint density at radius 2 is 2.30 bits per heavy atom. The third kappa shape index (κ3) is 4.00. The van der Waals surface area contributed by atoms with Crippen molar-refractivity contribution in [1.29, 1.82) is 0 Å². The van der Waals surface area contributed by atoms with E-state index in [1.165, 1.54) is 10.4 Å². The van der Waals surface area contributed by atoms with Crippen molar-refractivity contribution in [1.82, 2.24) is 20.1 Å². The number of nitrogens with zero attached hydrogens (tertiary/aromatic N) is 3. The van der Waals surface area contributed by atoms with Crippen LogP contribution < -0.4 is 5.32 Å². The van der Waals surface area contributed by atoms with E-state index in [1.807, 2.05) is 17.1 Å². The summed E-state index contributed by atoms with van der Waals surface area (Å²) < 4.78 is 7.99. The highest BCUT2D eigenvalue weighted by Crippen LogP contribution is 2.29. The second-order valence-corrected chi connectivity index (χ2v) is 7.51. The summed E-state index contributed by atoms with van der Waals surface area (Å²) >= 11 is 1.80. The molecule has 5 nitrogen and oxygen atoms in total. The van der Waals surface area contributed by atoms with Gasteiger partial charge in [-0.3, -0.25) is 4.68 Å². The molecule has 3 rings (SSSR count).